The minimum absolute atomic E-state index is 0.0187. The van der Waals surface area contributed by atoms with Crippen LogP contribution in [0.1, 0.15) is 6.42 Å². The zero-order valence-electron chi connectivity index (χ0n) is 8.27. The van der Waals surface area contributed by atoms with Crippen LogP contribution in [0.4, 0.5) is 5.69 Å². The normalized spacial score (nSPS) is 21.6. The van der Waals surface area contributed by atoms with Crippen LogP contribution in [0, 0.1) is 11.3 Å². The summed E-state index contributed by atoms with van der Waals surface area (Å²) in [5, 5.41) is 11.7. The molecule has 0 saturated carbocycles. The van der Waals surface area contributed by atoms with E-state index >= 15 is 0 Å². The number of nitrogens with one attached hydrogen (secondary N) is 1. The lowest BCUT2D eigenvalue weighted by Gasteiger charge is -2.25. The highest BCUT2D eigenvalue weighted by atomic mass is 79.9. The summed E-state index contributed by atoms with van der Waals surface area (Å²) in [6, 6.07) is 6.65. The van der Waals surface area contributed by atoms with Crippen molar-refractivity contribution in [1.82, 2.24) is 0 Å². The molecule has 0 amide bonds. The summed E-state index contributed by atoms with van der Waals surface area (Å²) in [6.07, 6.45) is 0.186. The molecule has 1 atom stereocenters. The first-order valence-electron chi connectivity index (χ1n) is 4.69. The molecule has 1 aromatic carbocycles. The molecule has 1 heterocycles. The molecule has 0 aromatic heterocycles. The van der Waals surface area contributed by atoms with Crippen LogP contribution in [0.5, 0.6) is 0 Å². The second kappa shape index (κ2) is 4.07. The Labute approximate surface area is 102 Å². The van der Waals surface area contributed by atoms with Crippen molar-refractivity contribution in [3.63, 3.8) is 0 Å². The predicted molar refractivity (Wildman–Crippen MR) is 63.8 cm³/mol. The highest BCUT2D eigenvalue weighted by Gasteiger charge is 2.29. The Kier molecular flexibility index (Phi) is 2.91. The van der Waals surface area contributed by atoms with Gasteiger partial charge in [-0.2, -0.15) is 5.26 Å². The molecule has 0 saturated heterocycles. The van der Waals surface area contributed by atoms with E-state index in [0.717, 1.165) is 4.47 Å². The quantitative estimate of drug-likeness (QED) is 0.860. The lowest BCUT2D eigenvalue weighted by molar-refractivity contribution is 0.586. The van der Waals surface area contributed by atoms with E-state index in [1.807, 2.05) is 6.07 Å². The summed E-state index contributed by atoms with van der Waals surface area (Å²) in [7, 11) is -3.26. The summed E-state index contributed by atoms with van der Waals surface area (Å²) < 4.78 is 24.6. The number of sulfone groups is 1. The highest BCUT2D eigenvalue weighted by Crippen LogP contribution is 2.31. The van der Waals surface area contributed by atoms with Crippen LogP contribution in [0.2, 0.25) is 0 Å². The Morgan fingerprint density at radius 1 is 1.56 bits per heavy atom. The molecular weight excluding hydrogens is 292 g/mol. The van der Waals surface area contributed by atoms with E-state index in [4.69, 9.17) is 5.26 Å². The standard InChI is InChI=1S/C10H9BrN2O2S/c11-7-1-2-10-9(5-7)13-8(3-4-12)6-16(10,14)15/h1-2,5,8,13H,3,6H2. The molecule has 0 spiro atoms. The first-order valence-corrected chi connectivity index (χ1v) is 7.13. The molecule has 16 heavy (non-hydrogen) atoms. The Morgan fingerprint density at radius 3 is 3.00 bits per heavy atom. The van der Waals surface area contributed by atoms with Gasteiger partial charge in [-0.25, -0.2) is 8.42 Å². The number of nitriles is 1. The average molecular weight is 301 g/mol. The van der Waals surface area contributed by atoms with Crippen LogP contribution in [0.25, 0.3) is 0 Å². The van der Waals surface area contributed by atoms with Crippen molar-refractivity contribution in [2.75, 3.05) is 11.1 Å². The van der Waals surface area contributed by atoms with Gasteiger partial charge in [0.25, 0.3) is 0 Å². The number of halogens is 1. The monoisotopic (exact) mass is 300 g/mol. The molecule has 1 N–H and O–H groups in total. The fraction of sp³-hybridized carbons (Fsp3) is 0.300. The second-order valence-corrected chi connectivity index (χ2v) is 6.54. The van der Waals surface area contributed by atoms with Gasteiger partial charge in [-0.15, -0.1) is 0 Å². The van der Waals surface area contributed by atoms with Crippen LogP contribution in [-0.4, -0.2) is 20.2 Å². The minimum atomic E-state index is -3.26. The van der Waals surface area contributed by atoms with Gasteiger partial charge in [0, 0.05) is 4.47 Å². The van der Waals surface area contributed by atoms with Gasteiger partial charge in [-0.1, -0.05) is 15.9 Å². The maximum atomic E-state index is 11.9. The molecule has 0 aliphatic carbocycles. The number of nitrogens with zero attached hydrogens (tertiary/aromatic N) is 1. The third-order valence-corrected chi connectivity index (χ3v) is 4.76. The number of anilines is 1. The van der Waals surface area contributed by atoms with E-state index in [1.54, 1.807) is 18.2 Å². The van der Waals surface area contributed by atoms with Crippen molar-refractivity contribution < 1.29 is 8.42 Å². The molecule has 0 fully saturated rings. The zero-order valence-corrected chi connectivity index (χ0v) is 10.7. The SMILES string of the molecule is N#CCC1CS(=O)(=O)c2ccc(Br)cc2N1. The average Bonchev–Trinajstić information content (AvgIpc) is 2.15. The molecule has 0 radical (unpaired) electrons. The summed E-state index contributed by atoms with van der Waals surface area (Å²) in [5.74, 6) is -0.0187. The van der Waals surface area contributed by atoms with Crippen molar-refractivity contribution in [3.05, 3.63) is 22.7 Å². The summed E-state index contributed by atoms with van der Waals surface area (Å²) in [4.78, 5) is 0.310. The first kappa shape index (κ1) is 11.4. The van der Waals surface area contributed by atoms with Crippen LogP contribution < -0.4 is 5.32 Å². The molecule has 1 aromatic rings. The molecule has 6 heteroatoms. The summed E-state index contributed by atoms with van der Waals surface area (Å²) >= 11 is 3.29. The van der Waals surface area contributed by atoms with E-state index in [-0.39, 0.29) is 18.2 Å². The van der Waals surface area contributed by atoms with Crippen molar-refractivity contribution in [1.29, 1.82) is 5.26 Å². The Balaban J connectivity index is 2.49. The minimum Gasteiger partial charge on any atom is -0.379 e. The predicted octanol–water partition coefficient (Wildman–Crippen LogP) is 1.93. The van der Waals surface area contributed by atoms with Crippen molar-refractivity contribution in [3.8, 4) is 6.07 Å². The van der Waals surface area contributed by atoms with E-state index in [2.05, 4.69) is 21.2 Å². The fourth-order valence-corrected chi connectivity index (χ4v) is 3.72. The molecule has 1 aliphatic heterocycles. The summed E-state index contributed by atoms with van der Waals surface area (Å²) in [5.41, 5.74) is 0.570. The van der Waals surface area contributed by atoms with E-state index in [1.165, 1.54) is 0 Å². The van der Waals surface area contributed by atoms with Crippen LogP contribution in [0.3, 0.4) is 0 Å². The maximum absolute atomic E-state index is 11.9. The number of rotatable bonds is 1. The Bertz CT molecular complexity index is 563. The largest absolute Gasteiger partial charge is 0.379 e. The van der Waals surface area contributed by atoms with Gasteiger partial charge in [0.1, 0.15) is 0 Å². The van der Waals surface area contributed by atoms with E-state index in [0.29, 0.717) is 10.6 Å². The smallest absolute Gasteiger partial charge is 0.182 e. The molecule has 1 unspecified atom stereocenters. The van der Waals surface area contributed by atoms with Crippen LogP contribution in [-0.2, 0) is 9.84 Å². The van der Waals surface area contributed by atoms with E-state index in [9.17, 15) is 8.42 Å². The van der Waals surface area contributed by atoms with Crippen molar-refractivity contribution in [2.24, 2.45) is 0 Å². The summed E-state index contributed by atoms with van der Waals surface area (Å²) in [6.45, 7) is 0. The van der Waals surface area contributed by atoms with Gasteiger partial charge >= 0.3 is 0 Å². The number of hydrogen-bond acceptors (Lipinski definition) is 4. The van der Waals surface area contributed by atoms with Gasteiger partial charge < -0.3 is 5.32 Å². The molecule has 1 aliphatic rings. The third-order valence-electron chi connectivity index (χ3n) is 2.39. The first-order chi connectivity index (χ1) is 7.53. The topological polar surface area (TPSA) is 70.0 Å². The Morgan fingerprint density at radius 2 is 2.31 bits per heavy atom. The fourth-order valence-electron chi connectivity index (χ4n) is 1.72. The number of fused-ring (bicyclic) bond motifs is 1. The van der Waals surface area contributed by atoms with Gasteiger partial charge in [-0.3, -0.25) is 0 Å². The molecule has 84 valence electrons. The third kappa shape index (κ3) is 2.06. The zero-order chi connectivity index (χ0) is 11.8. The van der Waals surface area contributed by atoms with Crippen molar-refractivity contribution >= 4 is 31.5 Å². The lowest BCUT2D eigenvalue weighted by atomic mass is 10.2. The molecule has 0 bridgehead atoms. The number of benzene rings is 1. The Hall–Kier alpha value is -1.06. The van der Waals surface area contributed by atoms with Gasteiger partial charge in [0.05, 0.1) is 34.9 Å². The molecule has 4 nitrogen and oxygen atoms in total. The van der Waals surface area contributed by atoms with Gasteiger partial charge in [0.15, 0.2) is 9.84 Å². The second-order valence-electron chi connectivity index (χ2n) is 3.63. The molecule has 2 rings (SSSR count). The van der Waals surface area contributed by atoms with E-state index < -0.39 is 9.84 Å². The highest BCUT2D eigenvalue weighted by molar-refractivity contribution is 9.10. The number of hydrogen-bond donors (Lipinski definition) is 1. The van der Waals surface area contributed by atoms with Crippen molar-refractivity contribution in [2.45, 2.75) is 17.4 Å². The lowest BCUT2D eigenvalue weighted by Crippen LogP contribution is -2.33. The van der Waals surface area contributed by atoms with Crippen LogP contribution in [0.15, 0.2) is 27.6 Å². The van der Waals surface area contributed by atoms with Crippen LogP contribution >= 0.6 is 15.9 Å². The molecular formula is C10H9BrN2O2S. The van der Waals surface area contributed by atoms with Gasteiger partial charge in [-0.05, 0) is 18.2 Å². The maximum Gasteiger partial charge on any atom is 0.182 e. The van der Waals surface area contributed by atoms with Gasteiger partial charge in [0.2, 0.25) is 0 Å².